The van der Waals surface area contributed by atoms with Gasteiger partial charge in [0.1, 0.15) is 5.76 Å². The summed E-state index contributed by atoms with van der Waals surface area (Å²) in [6.45, 7) is 0. The number of aryl methyl sites for hydroxylation is 2. The number of hydrogen-bond donors (Lipinski definition) is 0. The highest BCUT2D eigenvalue weighted by Gasteiger charge is 2.22. The molecule has 0 N–H and O–H groups in total. The molecular weight excluding hydrogens is 223 g/mol. The molecule has 82 valence electrons. The largest absolute Gasteiger partial charge is 0.427 e. The van der Waals surface area contributed by atoms with Crippen LogP contribution in [0.15, 0.2) is 20.2 Å². The van der Waals surface area contributed by atoms with Gasteiger partial charge in [-0.25, -0.2) is 4.79 Å². The molecule has 0 saturated carbocycles. The molecular formula is C9H9FO4S. The number of fused-ring (bicyclic) bond motifs is 1. The SMILES string of the molecule is O=c1oc2c(cc1S(=O)(=O)F)CCCC2. The van der Waals surface area contributed by atoms with Gasteiger partial charge in [-0.05, 0) is 30.9 Å². The topological polar surface area (TPSA) is 64.3 Å². The van der Waals surface area contributed by atoms with Gasteiger partial charge in [0, 0.05) is 6.42 Å². The molecule has 0 bridgehead atoms. The predicted octanol–water partition coefficient (Wildman–Crippen LogP) is 1.18. The summed E-state index contributed by atoms with van der Waals surface area (Å²) in [7, 11) is -4.97. The maximum atomic E-state index is 12.7. The van der Waals surface area contributed by atoms with Crippen LogP contribution in [0.1, 0.15) is 24.2 Å². The minimum absolute atomic E-state index is 0.485. The van der Waals surface area contributed by atoms with Crippen LogP contribution in [0, 0.1) is 0 Å². The average molecular weight is 232 g/mol. The van der Waals surface area contributed by atoms with E-state index >= 15 is 0 Å². The van der Waals surface area contributed by atoms with Crippen molar-refractivity contribution < 1.29 is 16.7 Å². The fraction of sp³-hybridized carbons (Fsp3) is 0.444. The number of halogens is 1. The molecule has 1 heterocycles. The maximum absolute atomic E-state index is 12.7. The Morgan fingerprint density at radius 1 is 1.27 bits per heavy atom. The van der Waals surface area contributed by atoms with Crippen molar-refractivity contribution in [2.24, 2.45) is 0 Å². The first-order chi connectivity index (χ1) is 6.98. The fourth-order valence-electron chi connectivity index (χ4n) is 1.72. The summed E-state index contributed by atoms with van der Waals surface area (Å²) in [5, 5.41) is 0. The Labute approximate surface area is 85.9 Å². The van der Waals surface area contributed by atoms with E-state index in [-0.39, 0.29) is 0 Å². The van der Waals surface area contributed by atoms with Crippen LogP contribution in [0.5, 0.6) is 0 Å². The Bertz CT molecular complexity index is 544. The van der Waals surface area contributed by atoms with Gasteiger partial charge in [0.15, 0.2) is 4.90 Å². The van der Waals surface area contributed by atoms with Gasteiger partial charge in [-0.2, -0.15) is 8.42 Å². The smallest absolute Gasteiger partial charge is 0.357 e. The molecule has 6 heteroatoms. The summed E-state index contributed by atoms with van der Waals surface area (Å²) in [5.74, 6) is 0.485. The molecule has 0 radical (unpaired) electrons. The van der Waals surface area contributed by atoms with Crippen LogP contribution in [0.4, 0.5) is 3.89 Å². The van der Waals surface area contributed by atoms with Crippen LogP contribution in [-0.2, 0) is 23.1 Å². The van der Waals surface area contributed by atoms with E-state index in [0.717, 1.165) is 18.9 Å². The number of hydrogen-bond acceptors (Lipinski definition) is 4. The minimum Gasteiger partial charge on any atom is -0.427 e. The zero-order valence-corrected chi connectivity index (χ0v) is 8.64. The van der Waals surface area contributed by atoms with Crippen LogP contribution < -0.4 is 5.63 Å². The van der Waals surface area contributed by atoms with Crippen molar-refractivity contribution >= 4 is 10.2 Å². The molecule has 2 rings (SSSR count). The predicted molar refractivity (Wildman–Crippen MR) is 49.9 cm³/mol. The van der Waals surface area contributed by atoms with Crippen molar-refractivity contribution in [3.8, 4) is 0 Å². The Morgan fingerprint density at radius 2 is 1.93 bits per heavy atom. The van der Waals surface area contributed by atoms with Crippen LogP contribution >= 0.6 is 0 Å². The first kappa shape index (κ1) is 10.4. The normalized spacial score (nSPS) is 16.1. The number of rotatable bonds is 1. The van der Waals surface area contributed by atoms with Gasteiger partial charge in [-0.3, -0.25) is 0 Å². The summed E-state index contributed by atoms with van der Waals surface area (Å²) in [6.07, 6.45) is 3.03. The van der Waals surface area contributed by atoms with Gasteiger partial charge < -0.3 is 4.42 Å². The van der Waals surface area contributed by atoms with Gasteiger partial charge in [0.25, 0.3) is 0 Å². The van der Waals surface area contributed by atoms with Gasteiger partial charge in [-0.15, -0.1) is 3.89 Å². The second-order valence-electron chi connectivity index (χ2n) is 3.49. The first-order valence-corrected chi connectivity index (χ1v) is 5.97. The molecule has 1 aromatic heterocycles. The quantitative estimate of drug-likeness (QED) is 0.682. The molecule has 0 fully saturated rings. The Morgan fingerprint density at radius 3 is 2.60 bits per heavy atom. The van der Waals surface area contributed by atoms with E-state index in [2.05, 4.69) is 0 Å². The van der Waals surface area contributed by atoms with Crippen LogP contribution in [0.25, 0.3) is 0 Å². The van der Waals surface area contributed by atoms with E-state index < -0.39 is 20.7 Å². The van der Waals surface area contributed by atoms with E-state index in [4.69, 9.17) is 4.42 Å². The summed E-state index contributed by atoms with van der Waals surface area (Å²) in [4.78, 5) is 10.3. The minimum atomic E-state index is -4.97. The second-order valence-corrected chi connectivity index (χ2v) is 4.81. The summed E-state index contributed by atoms with van der Waals surface area (Å²) >= 11 is 0. The highest BCUT2D eigenvalue weighted by Crippen LogP contribution is 2.22. The van der Waals surface area contributed by atoms with Crippen molar-refractivity contribution in [2.45, 2.75) is 30.6 Å². The standard InChI is InChI=1S/C9H9FO4S/c10-15(12,13)8-5-6-3-1-2-4-7(6)14-9(8)11/h5H,1-4H2. The molecule has 0 saturated heterocycles. The van der Waals surface area contributed by atoms with Crippen LogP contribution in [0.2, 0.25) is 0 Å². The Balaban J connectivity index is 2.65. The molecule has 0 aliphatic heterocycles. The van der Waals surface area contributed by atoms with Gasteiger partial charge in [0.2, 0.25) is 0 Å². The Kier molecular flexibility index (Phi) is 2.38. The third-order valence-electron chi connectivity index (χ3n) is 2.44. The highest BCUT2D eigenvalue weighted by molar-refractivity contribution is 7.86. The van der Waals surface area contributed by atoms with Gasteiger partial charge in [-0.1, -0.05) is 0 Å². The molecule has 1 aliphatic rings. The lowest BCUT2D eigenvalue weighted by Gasteiger charge is -2.13. The highest BCUT2D eigenvalue weighted by atomic mass is 32.3. The van der Waals surface area contributed by atoms with Crippen molar-refractivity contribution in [3.63, 3.8) is 0 Å². The molecule has 0 atom stereocenters. The zero-order chi connectivity index (χ0) is 11.1. The molecule has 4 nitrogen and oxygen atoms in total. The third kappa shape index (κ3) is 1.94. The van der Waals surface area contributed by atoms with Crippen molar-refractivity contribution in [2.75, 3.05) is 0 Å². The van der Waals surface area contributed by atoms with Crippen LogP contribution in [-0.4, -0.2) is 8.42 Å². The fourth-order valence-corrected chi connectivity index (χ4v) is 2.24. The summed E-state index contributed by atoms with van der Waals surface area (Å²) < 4.78 is 38.7. The molecule has 1 aromatic rings. The lowest BCUT2D eigenvalue weighted by molar-refractivity contribution is 0.411. The van der Waals surface area contributed by atoms with Gasteiger partial charge in [0.05, 0.1) is 0 Å². The lowest BCUT2D eigenvalue weighted by atomic mass is 9.98. The maximum Gasteiger partial charge on any atom is 0.357 e. The van der Waals surface area contributed by atoms with E-state index in [1.165, 1.54) is 0 Å². The summed E-state index contributed by atoms with van der Waals surface area (Å²) in [6, 6.07) is 1.09. The molecule has 1 aliphatic carbocycles. The monoisotopic (exact) mass is 232 g/mol. The van der Waals surface area contributed by atoms with E-state index in [0.29, 0.717) is 24.2 Å². The van der Waals surface area contributed by atoms with E-state index in [9.17, 15) is 17.1 Å². The molecule has 0 spiro atoms. The van der Waals surface area contributed by atoms with E-state index in [1.54, 1.807) is 0 Å². The van der Waals surface area contributed by atoms with Crippen LogP contribution in [0.3, 0.4) is 0 Å². The van der Waals surface area contributed by atoms with Crippen molar-refractivity contribution in [1.82, 2.24) is 0 Å². The third-order valence-corrected chi connectivity index (χ3v) is 3.25. The lowest BCUT2D eigenvalue weighted by Crippen LogP contribution is -2.15. The molecule has 15 heavy (non-hydrogen) atoms. The molecule has 0 aromatic carbocycles. The summed E-state index contributed by atoms with van der Waals surface area (Å²) in [5.41, 5.74) is -0.491. The van der Waals surface area contributed by atoms with Crippen molar-refractivity contribution in [3.05, 3.63) is 27.8 Å². The Hall–Kier alpha value is -1.17. The molecule has 0 amide bonds. The van der Waals surface area contributed by atoms with Gasteiger partial charge >= 0.3 is 15.8 Å². The van der Waals surface area contributed by atoms with E-state index in [1.807, 2.05) is 0 Å². The average Bonchev–Trinajstić information content (AvgIpc) is 2.15. The zero-order valence-electron chi connectivity index (χ0n) is 7.82. The molecule has 0 unspecified atom stereocenters. The first-order valence-electron chi connectivity index (χ1n) is 4.59. The second kappa shape index (κ2) is 3.44. The van der Waals surface area contributed by atoms with Crippen molar-refractivity contribution in [1.29, 1.82) is 0 Å².